The molecule has 2 aliphatic rings. The van der Waals surface area contributed by atoms with E-state index in [0.717, 1.165) is 12.0 Å². The van der Waals surface area contributed by atoms with Gasteiger partial charge >= 0.3 is 0 Å². The number of Topliss-reactive ketones (excluding diaryl/α,β-unsaturated/α-hetero) is 1. The number of ether oxygens (including phenoxy) is 3. The minimum Gasteiger partial charge on any atom is -0.493 e. The fraction of sp³-hybridized carbons (Fsp3) is 0.318. The standard InChI is InChI=1S/C44H46N6O6S/c1-29(25-37(51)31-13-8-5-9-14-31)43(57)50-20-10-15-36(50)41(52)46-40-34-26-38(54-2)39(55-3)27-35(34)45-44(47-40)49-23-21-48(22-24-49)42(53)32-16-18-33(19-17-32)56-28-30-11-6-4-7-12-30/h4-9,11-14,16-19,26-27,29,36H,10,15,20-25,28H2,1-3H3,(H,45,46,47,52)/t29?,36-/m1/s1. The van der Waals surface area contributed by atoms with Crippen molar-refractivity contribution in [1.29, 1.82) is 0 Å². The Morgan fingerprint density at radius 1 is 0.825 bits per heavy atom. The number of carbonyl (C=O) groups is 3. The molecule has 1 aromatic heterocycles. The Bertz CT molecular complexity index is 2230. The summed E-state index contributed by atoms with van der Waals surface area (Å²) in [5, 5.41) is 3.69. The number of carbonyl (C=O) groups excluding carboxylic acids is 3. The van der Waals surface area contributed by atoms with Crippen molar-refractivity contribution < 1.29 is 28.6 Å². The number of fused-ring (bicyclic) bond motifs is 1. The number of ketones is 1. The molecule has 4 aromatic carbocycles. The summed E-state index contributed by atoms with van der Waals surface area (Å²) in [5.74, 6) is 1.88. The number of amides is 2. The summed E-state index contributed by atoms with van der Waals surface area (Å²) in [6, 6.07) is 29.3. The Morgan fingerprint density at radius 3 is 2.18 bits per heavy atom. The van der Waals surface area contributed by atoms with Crippen molar-refractivity contribution in [2.24, 2.45) is 5.92 Å². The van der Waals surface area contributed by atoms with Gasteiger partial charge in [0.25, 0.3) is 5.91 Å². The Morgan fingerprint density at radius 2 is 1.49 bits per heavy atom. The maximum Gasteiger partial charge on any atom is 0.253 e. The van der Waals surface area contributed by atoms with E-state index in [1.165, 1.54) is 0 Å². The number of hydrogen-bond donors (Lipinski definition) is 1. The molecule has 2 aliphatic heterocycles. The molecule has 0 bridgehead atoms. The van der Waals surface area contributed by atoms with E-state index >= 15 is 0 Å². The molecular weight excluding hydrogens is 741 g/mol. The highest BCUT2D eigenvalue weighted by Gasteiger charge is 2.35. The van der Waals surface area contributed by atoms with Crippen LogP contribution in [0.4, 0.5) is 11.8 Å². The SMILES string of the molecule is COc1cc2nc(N3CCN(C(=O)c4ccc(OCc5ccccc5)cc4)CC3)nc(NC(=O)[C@H]3CCCN3C(=S)C(C)CC(=O)c3ccccc3)c2cc1OC. The van der Waals surface area contributed by atoms with Crippen LogP contribution in [0.2, 0.25) is 0 Å². The van der Waals surface area contributed by atoms with Crippen molar-refractivity contribution in [3.05, 3.63) is 114 Å². The van der Waals surface area contributed by atoms with Crippen molar-refractivity contribution in [3.8, 4) is 17.2 Å². The third kappa shape index (κ3) is 8.99. The van der Waals surface area contributed by atoms with E-state index < -0.39 is 6.04 Å². The zero-order valence-electron chi connectivity index (χ0n) is 32.4. The summed E-state index contributed by atoms with van der Waals surface area (Å²) in [6.45, 7) is 4.90. The first kappa shape index (κ1) is 39.2. The highest BCUT2D eigenvalue weighted by molar-refractivity contribution is 7.80. The highest BCUT2D eigenvalue weighted by atomic mass is 32.1. The minimum atomic E-state index is -0.528. The minimum absolute atomic E-state index is 0.0131. The van der Waals surface area contributed by atoms with Gasteiger partial charge in [-0.2, -0.15) is 4.98 Å². The van der Waals surface area contributed by atoms with E-state index in [2.05, 4.69) is 5.32 Å². The van der Waals surface area contributed by atoms with Crippen LogP contribution in [0.5, 0.6) is 17.2 Å². The molecule has 1 N–H and O–H groups in total. The molecule has 294 valence electrons. The molecule has 0 radical (unpaired) electrons. The summed E-state index contributed by atoms with van der Waals surface area (Å²) >= 11 is 5.90. The van der Waals surface area contributed by atoms with Crippen LogP contribution in [0, 0.1) is 5.92 Å². The van der Waals surface area contributed by atoms with Gasteiger partial charge in [0.15, 0.2) is 17.3 Å². The molecule has 3 heterocycles. The summed E-state index contributed by atoms with van der Waals surface area (Å²) in [7, 11) is 3.11. The lowest BCUT2D eigenvalue weighted by Crippen LogP contribution is -2.49. The predicted octanol–water partition coefficient (Wildman–Crippen LogP) is 6.83. The van der Waals surface area contributed by atoms with E-state index in [9.17, 15) is 14.4 Å². The van der Waals surface area contributed by atoms with Crippen LogP contribution in [0.3, 0.4) is 0 Å². The summed E-state index contributed by atoms with van der Waals surface area (Å²) in [4.78, 5) is 56.8. The van der Waals surface area contributed by atoms with Gasteiger partial charge < -0.3 is 34.2 Å². The smallest absolute Gasteiger partial charge is 0.253 e. The lowest BCUT2D eigenvalue weighted by atomic mass is 9.99. The topological polar surface area (TPSA) is 126 Å². The van der Waals surface area contributed by atoms with E-state index in [0.29, 0.717) is 102 Å². The number of piperazine rings is 1. The molecule has 2 amide bonds. The zero-order valence-corrected chi connectivity index (χ0v) is 33.2. The van der Waals surface area contributed by atoms with Crippen LogP contribution in [-0.4, -0.2) is 95.3 Å². The van der Waals surface area contributed by atoms with Crippen LogP contribution in [-0.2, 0) is 11.4 Å². The number of thiocarbonyl (C=S) groups is 1. The summed E-state index contributed by atoms with van der Waals surface area (Å²) in [5.41, 5.74) is 2.86. The second-order valence-corrected chi connectivity index (χ2v) is 14.7. The number of rotatable bonds is 13. The molecule has 1 unspecified atom stereocenters. The number of likely N-dealkylation sites (tertiary alicyclic amines) is 1. The maximum absolute atomic E-state index is 14.1. The third-order valence-corrected chi connectivity index (χ3v) is 11.1. The number of nitrogens with zero attached hydrogens (tertiary/aromatic N) is 5. The molecule has 12 nitrogen and oxygen atoms in total. The van der Waals surface area contributed by atoms with Crippen molar-refractivity contribution in [2.45, 2.75) is 38.8 Å². The quantitative estimate of drug-likeness (QED) is 0.0998. The second-order valence-electron chi connectivity index (χ2n) is 14.2. The van der Waals surface area contributed by atoms with Crippen LogP contribution in [0.1, 0.15) is 52.5 Å². The van der Waals surface area contributed by atoms with Crippen molar-refractivity contribution in [2.75, 3.05) is 57.2 Å². The van der Waals surface area contributed by atoms with E-state index in [-0.39, 0.29) is 29.9 Å². The molecule has 0 saturated carbocycles. The van der Waals surface area contributed by atoms with Gasteiger partial charge in [0.05, 0.1) is 24.7 Å². The normalized spacial score (nSPS) is 15.9. The Kier molecular flexibility index (Phi) is 12.2. The Balaban J connectivity index is 1.04. The molecule has 5 aromatic rings. The fourth-order valence-corrected chi connectivity index (χ4v) is 7.60. The van der Waals surface area contributed by atoms with E-state index in [1.54, 1.807) is 50.6 Å². The predicted molar refractivity (Wildman–Crippen MR) is 223 cm³/mol. The average molecular weight is 787 g/mol. The summed E-state index contributed by atoms with van der Waals surface area (Å²) < 4.78 is 17.1. The second kappa shape index (κ2) is 17.8. The first-order valence-corrected chi connectivity index (χ1v) is 19.6. The molecule has 13 heteroatoms. The van der Waals surface area contributed by atoms with Crippen LogP contribution in [0.25, 0.3) is 10.9 Å². The molecule has 57 heavy (non-hydrogen) atoms. The number of aromatic nitrogens is 2. The largest absolute Gasteiger partial charge is 0.493 e. The van der Waals surface area contributed by atoms with Crippen molar-refractivity contribution >= 4 is 57.5 Å². The van der Waals surface area contributed by atoms with Crippen LogP contribution < -0.4 is 24.4 Å². The van der Waals surface area contributed by atoms with E-state index in [1.807, 2.05) is 82.3 Å². The number of nitrogens with one attached hydrogen (secondary N) is 1. The van der Waals surface area contributed by atoms with Crippen molar-refractivity contribution in [1.82, 2.24) is 19.8 Å². The molecule has 0 aliphatic carbocycles. The Labute approximate surface area is 337 Å². The van der Waals surface area contributed by atoms with Crippen LogP contribution in [0.15, 0.2) is 97.1 Å². The monoisotopic (exact) mass is 786 g/mol. The number of benzene rings is 4. The summed E-state index contributed by atoms with van der Waals surface area (Å²) in [6.07, 6.45) is 1.65. The van der Waals surface area contributed by atoms with Gasteiger partial charge in [-0.1, -0.05) is 79.8 Å². The molecular formula is C44H46N6O6S. The number of anilines is 2. The number of hydrogen-bond acceptors (Lipinski definition) is 10. The van der Waals surface area contributed by atoms with Gasteiger partial charge in [-0.05, 0) is 48.7 Å². The first-order valence-electron chi connectivity index (χ1n) is 19.2. The zero-order chi connectivity index (χ0) is 39.9. The average Bonchev–Trinajstić information content (AvgIpc) is 3.76. The molecule has 0 spiro atoms. The van der Waals surface area contributed by atoms with Gasteiger partial charge in [-0.25, -0.2) is 4.98 Å². The molecule has 2 saturated heterocycles. The van der Waals surface area contributed by atoms with Gasteiger partial charge in [0.2, 0.25) is 11.9 Å². The highest BCUT2D eigenvalue weighted by Crippen LogP contribution is 2.36. The van der Waals surface area contributed by atoms with Gasteiger partial charge in [0, 0.05) is 67.6 Å². The lowest BCUT2D eigenvalue weighted by Gasteiger charge is -2.35. The van der Waals surface area contributed by atoms with Gasteiger partial charge in [0.1, 0.15) is 24.2 Å². The molecule has 2 atom stereocenters. The third-order valence-electron chi connectivity index (χ3n) is 10.5. The van der Waals surface area contributed by atoms with Gasteiger partial charge in [-0.15, -0.1) is 0 Å². The maximum atomic E-state index is 14.1. The molecule has 2 fully saturated rings. The lowest BCUT2D eigenvalue weighted by molar-refractivity contribution is -0.119. The van der Waals surface area contributed by atoms with Gasteiger partial charge in [-0.3, -0.25) is 14.4 Å². The molecule has 7 rings (SSSR count). The van der Waals surface area contributed by atoms with Crippen LogP contribution >= 0.6 is 12.2 Å². The first-order chi connectivity index (χ1) is 27.7. The fourth-order valence-electron chi connectivity index (χ4n) is 7.30. The van der Waals surface area contributed by atoms with Crippen molar-refractivity contribution in [3.63, 3.8) is 0 Å². The van der Waals surface area contributed by atoms with E-state index in [4.69, 9.17) is 36.4 Å². The number of methoxy groups -OCH3 is 2. The Hall–Kier alpha value is -6.08.